The molecule has 2 aromatic carbocycles. The summed E-state index contributed by atoms with van der Waals surface area (Å²) in [5.74, 6) is -0.331. The predicted octanol–water partition coefficient (Wildman–Crippen LogP) is 5.24. The summed E-state index contributed by atoms with van der Waals surface area (Å²) in [5, 5.41) is 0. The monoisotopic (exact) mass is 458 g/mol. The fraction of sp³-hybridized carbons (Fsp3) is 0.143. The number of methoxy groups -OCH3 is 1. The second-order valence-corrected chi connectivity index (χ2v) is 7.18. The van der Waals surface area contributed by atoms with Crippen molar-refractivity contribution in [3.63, 3.8) is 0 Å². The van der Waals surface area contributed by atoms with E-state index in [1.165, 1.54) is 7.11 Å². The molecular weight excluding hydrogens is 439 g/mol. The van der Waals surface area contributed by atoms with Crippen LogP contribution in [-0.4, -0.2) is 23.9 Å². The molecule has 26 heavy (non-hydrogen) atoms. The molecule has 0 radical (unpaired) electrons. The van der Waals surface area contributed by atoms with Gasteiger partial charge in [-0.05, 0) is 85.0 Å². The van der Waals surface area contributed by atoms with Crippen LogP contribution >= 0.6 is 22.6 Å². The van der Waals surface area contributed by atoms with Gasteiger partial charge in [-0.3, -0.25) is 4.99 Å². The van der Waals surface area contributed by atoms with Crippen molar-refractivity contribution in [1.82, 2.24) is 4.57 Å². The number of benzene rings is 2. The van der Waals surface area contributed by atoms with Gasteiger partial charge in [0.2, 0.25) is 0 Å². The zero-order valence-corrected chi connectivity index (χ0v) is 17.0. The molecule has 132 valence electrons. The van der Waals surface area contributed by atoms with Crippen molar-refractivity contribution in [3.05, 3.63) is 80.7 Å². The van der Waals surface area contributed by atoms with Gasteiger partial charge in [-0.25, -0.2) is 4.79 Å². The van der Waals surface area contributed by atoms with Gasteiger partial charge in [0, 0.05) is 32.4 Å². The van der Waals surface area contributed by atoms with E-state index in [1.54, 1.807) is 12.1 Å². The lowest BCUT2D eigenvalue weighted by molar-refractivity contribution is 0.0601. The van der Waals surface area contributed by atoms with E-state index in [1.807, 2.05) is 42.6 Å². The summed E-state index contributed by atoms with van der Waals surface area (Å²) >= 11 is 2.28. The van der Waals surface area contributed by atoms with Gasteiger partial charge in [-0.2, -0.15) is 0 Å². The van der Waals surface area contributed by atoms with E-state index in [0.717, 1.165) is 31.9 Å². The second kappa shape index (κ2) is 7.86. The van der Waals surface area contributed by atoms with E-state index in [4.69, 9.17) is 4.74 Å². The van der Waals surface area contributed by atoms with Gasteiger partial charge in [0.1, 0.15) is 0 Å². The highest BCUT2D eigenvalue weighted by atomic mass is 127. The molecule has 0 N–H and O–H groups in total. The lowest BCUT2D eigenvalue weighted by atomic mass is 10.2. The zero-order chi connectivity index (χ0) is 18.7. The van der Waals surface area contributed by atoms with E-state index in [2.05, 4.69) is 52.1 Å². The number of esters is 1. The molecule has 0 spiro atoms. The fourth-order valence-electron chi connectivity index (χ4n) is 2.88. The first-order chi connectivity index (χ1) is 12.5. The summed E-state index contributed by atoms with van der Waals surface area (Å²) in [6.07, 6.45) is 1.90. The molecule has 0 saturated heterocycles. The molecule has 1 heterocycles. The third kappa shape index (κ3) is 3.88. The maximum absolute atomic E-state index is 11.6. The van der Waals surface area contributed by atoms with Crippen molar-refractivity contribution in [3.8, 4) is 5.69 Å². The van der Waals surface area contributed by atoms with Gasteiger partial charge < -0.3 is 9.30 Å². The van der Waals surface area contributed by atoms with Crippen LogP contribution in [0.4, 0.5) is 5.69 Å². The Morgan fingerprint density at radius 2 is 1.85 bits per heavy atom. The molecule has 0 bridgehead atoms. The maximum Gasteiger partial charge on any atom is 0.337 e. The minimum absolute atomic E-state index is 0.331. The number of carbonyl (C=O) groups excluding carboxylic acids is 1. The number of rotatable bonds is 4. The molecule has 1 aromatic heterocycles. The predicted molar refractivity (Wildman–Crippen MR) is 113 cm³/mol. The van der Waals surface area contributed by atoms with Crippen LogP contribution in [0.15, 0.2) is 59.6 Å². The number of ether oxygens (including phenoxy) is 1. The lowest BCUT2D eigenvalue weighted by Gasteiger charge is -2.10. The highest BCUT2D eigenvalue weighted by Gasteiger charge is 2.11. The Hall–Kier alpha value is -2.41. The van der Waals surface area contributed by atoms with E-state index in [-0.39, 0.29) is 5.97 Å². The van der Waals surface area contributed by atoms with E-state index in [9.17, 15) is 4.79 Å². The maximum atomic E-state index is 11.6. The average Bonchev–Trinajstić information content (AvgIpc) is 2.93. The zero-order valence-electron chi connectivity index (χ0n) is 14.9. The van der Waals surface area contributed by atoms with Crippen LogP contribution in [0, 0.1) is 17.4 Å². The van der Waals surface area contributed by atoms with E-state index >= 15 is 0 Å². The molecule has 0 saturated carbocycles. The van der Waals surface area contributed by atoms with Crippen LogP contribution in [0.2, 0.25) is 0 Å². The molecule has 3 aromatic rings. The molecule has 0 aliphatic carbocycles. The van der Waals surface area contributed by atoms with Gasteiger partial charge in [-0.15, -0.1) is 0 Å². The smallest absolute Gasteiger partial charge is 0.337 e. The minimum atomic E-state index is -0.331. The summed E-state index contributed by atoms with van der Waals surface area (Å²) in [6.45, 7) is 4.13. The standard InChI is InChI=1S/C21H19IN2O2/c1-14-11-17(13-23-19-6-4-5-18(22)12-19)15(2)24(14)20-9-7-16(8-10-20)21(25)26-3/h4-13H,1-3H3. The van der Waals surface area contributed by atoms with Crippen molar-refractivity contribution in [2.24, 2.45) is 4.99 Å². The third-order valence-corrected chi connectivity index (χ3v) is 4.85. The topological polar surface area (TPSA) is 43.6 Å². The lowest BCUT2D eigenvalue weighted by Crippen LogP contribution is -2.03. The Bertz CT molecular complexity index is 972. The Morgan fingerprint density at radius 3 is 2.50 bits per heavy atom. The van der Waals surface area contributed by atoms with Crippen LogP contribution in [0.1, 0.15) is 27.3 Å². The summed E-state index contributed by atoms with van der Waals surface area (Å²) < 4.78 is 8.06. The van der Waals surface area contributed by atoms with Crippen LogP contribution in [0.5, 0.6) is 0 Å². The van der Waals surface area contributed by atoms with Gasteiger partial charge in [-0.1, -0.05) is 6.07 Å². The molecule has 0 unspecified atom stereocenters. The van der Waals surface area contributed by atoms with E-state index < -0.39 is 0 Å². The average molecular weight is 458 g/mol. The number of aryl methyl sites for hydroxylation is 1. The summed E-state index contributed by atoms with van der Waals surface area (Å²) in [5.41, 5.74) is 5.75. The molecule has 0 atom stereocenters. The number of hydrogen-bond acceptors (Lipinski definition) is 3. The Morgan fingerprint density at radius 1 is 1.12 bits per heavy atom. The molecule has 0 aliphatic rings. The molecular formula is C21H19IN2O2. The number of hydrogen-bond donors (Lipinski definition) is 0. The fourth-order valence-corrected chi connectivity index (χ4v) is 3.41. The molecule has 5 heteroatoms. The third-order valence-electron chi connectivity index (χ3n) is 4.18. The van der Waals surface area contributed by atoms with Crippen LogP contribution in [-0.2, 0) is 4.74 Å². The van der Waals surface area contributed by atoms with Crippen LogP contribution in [0.25, 0.3) is 5.69 Å². The first kappa shape index (κ1) is 18.4. The van der Waals surface area contributed by atoms with Crippen LogP contribution in [0.3, 0.4) is 0 Å². The Labute approximate surface area is 166 Å². The molecule has 4 nitrogen and oxygen atoms in total. The molecule has 3 rings (SSSR count). The van der Waals surface area contributed by atoms with Gasteiger partial charge in [0.25, 0.3) is 0 Å². The van der Waals surface area contributed by atoms with Gasteiger partial charge in [0.15, 0.2) is 0 Å². The first-order valence-electron chi connectivity index (χ1n) is 8.17. The number of aromatic nitrogens is 1. The SMILES string of the molecule is COC(=O)c1ccc(-n2c(C)cc(C=Nc3cccc(I)c3)c2C)cc1. The first-order valence-corrected chi connectivity index (χ1v) is 9.25. The summed E-state index contributed by atoms with van der Waals surface area (Å²) in [7, 11) is 1.38. The molecule has 0 amide bonds. The van der Waals surface area contributed by atoms with Crippen molar-refractivity contribution >= 4 is 40.5 Å². The quantitative estimate of drug-likeness (QED) is 0.305. The number of halogens is 1. The Balaban J connectivity index is 1.92. The normalized spacial score (nSPS) is 11.1. The highest BCUT2D eigenvalue weighted by molar-refractivity contribution is 14.1. The van der Waals surface area contributed by atoms with Crippen molar-refractivity contribution < 1.29 is 9.53 Å². The van der Waals surface area contributed by atoms with Crippen molar-refractivity contribution in [2.45, 2.75) is 13.8 Å². The summed E-state index contributed by atoms with van der Waals surface area (Å²) in [4.78, 5) is 16.2. The van der Waals surface area contributed by atoms with Gasteiger partial charge >= 0.3 is 5.97 Å². The van der Waals surface area contributed by atoms with E-state index in [0.29, 0.717) is 5.56 Å². The number of nitrogens with zero attached hydrogens (tertiary/aromatic N) is 2. The number of carbonyl (C=O) groups is 1. The van der Waals surface area contributed by atoms with Crippen molar-refractivity contribution in [1.29, 1.82) is 0 Å². The Kier molecular flexibility index (Phi) is 5.56. The van der Waals surface area contributed by atoms with Crippen molar-refractivity contribution in [2.75, 3.05) is 7.11 Å². The van der Waals surface area contributed by atoms with Gasteiger partial charge in [0.05, 0.1) is 18.4 Å². The molecule has 0 aliphatic heterocycles. The molecule has 0 fully saturated rings. The second-order valence-electron chi connectivity index (χ2n) is 5.94. The number of aliphatic imine (C=N–C) groups is 1. The highest BCUT2D eigenvalue weighted by Crippen LogP contribution is 2.22. The van der Waals surface area contributed by atoms with Crippen LogP contribution < -0.4 is 0 Å². The largest absolute Gasteiger partial charge is 0.465 e. The minimum Gasteiger partial charge on any atom is -0.465 e. The summed E-state index contributed by atoms with van der Waals surface area (Å²) in [6, 6.07) is 17.6.